The molecule has 0 radical (unpaired) electrons. The molecule has 0 spiro atoms. The van der Waals surface area contributed by atoms with Crippen molar-refractivity contribution in [3.63, 3.8) is 0 Å². The van der Waals surface area contributed by atoms with Crippen molar-refractivity contribution in [2.24, 2.45) is 0 Å². The van der Waals surface area contributed by atoms with E-state index in [9.17, 15) is 23.1 Å². The Morgan fingerprint density at radius 3 is 2.29 bits per heavy atom. The minimum absolute atomic E-state index is 0.0365. The van der Waals surface area contributed by atoms with Crippen LogP contribution in [0.5, 0.6) is 0 Å². The summed E-state index contributed by atoms with van der Waals surface area (Å²) in [7, 11) is 0. The third-order valence-electron chi connectivity index (χ3n) is 5.34. The van der Waals surface area contributed by atoms with E-state index in [1.165, 1.54) is 0 Å². The van der Waals surface area contributed by atoms with Crippen molar-refractivity contribution in [3.8, 4) is 0 Å². The predicted molar refractivity (Wildman–Crippen MR) is 113 cm³/mol. The molecule has 1 fully saturated rings. The van der Waals surface area contributed by atoms with Crippen LogP contribution in [-0.2, 0) is 10.4 Å². The summed E-state index contributed by atoms with van der Waals surface area (Å²) >= 11 is 0. The molecule has 0 saturated carbocycles. The molecule has 3 aromatic heterocycles. The number of aliphatic carboxylic acids is 1. The van der Waals surface area contributed by atoms with Crippen LogP contribution in [0.15, 0.2) is 30.7 Å². The Morgan fingerprint density at radius 1 is 1.15 bits per heavy atom. The number of piperidine rings is 1. The molecule has 0 aromatic carbocycles. The van der Waals surface area contributed by atoms with Gasteiger partial charge < -0.3 is 19.5 Å². The Bertz CT molecular complexity index is 1170. The fourth-order valence-electron chi connectivity index (χ4n) is 3.42. The number of hydrogen-bond acceptors (Lipinski definition) is 6. The van der Waals surface area contributed by atoms with E-state index in [0.29, 0.717) is 24.5 Å². The number of imidazole rings is 1. The second-order valence-electron chi connectivity index (χ2n) is 8.56. The largest absolute Gasteiger partial charge is 0.490 e. The van der Waals surface area contributed by atoms with Crippen molar-refractivity contribution in [2.75, 3.05) is 13.1 Å². The van der Waals surface area contributed by atoms with Gasteiger partial charge in [0.1, 0.15) is 22.6 Å². The van der Waals surface area contributed by atoms with Crippen LogP contribution in [0.2, 0.25) is 0 Å². The summed E-state index contributed by atoms with van der Waals surface area (Å²) in [4.78, 5) is 28.0. The van der Waals surface area contributed by atoms with Crippen molar-refractivity contribution in [2.45, 2.75) is 51.4 Å². The minimum atomic E-state index is -5.08. The molecule has 0 aliphatic carbocycles. The average molecular weight is 482 g/mol. The van der Waals surface area contributed by atoms with E-state index >= 15 is 0 Å². The van der Waals surface area contributed by atoms with Crippen molar-refractivity contribution >= 4 is 17.5 Å². The van der Waals surface area contributed by atoms with E-state index < -0.39 is 17.7 Å². The van der Waals surface area contributed by atoms with Crippen LogP contribution in [0, 0.1) is 6.92 Å². The Hall–Kier alpha value is -3.48. The number of hydrogen-bond donors (Lipinski definition) is 2. The Kier molecular flexibility index (Phi) is 6.96. The number of carbonyl (C=O) groups excluding carboxylic acids is 1. The molecule has 1 aliphatic rings. The lowest BCUT2D eigenvalue weighted by Crippen LogP contribution is -2.39. The number of aryl methyl sites for hydroxylation is 1. The smallest absolute Gasteiger partial charge is 0.475 e. The number of aliphatic hydroxyl groups is 1. The molecule has 2 N–H and O–H groups in total. The number of carboxylic acids is 1. The zero-order valence-corrected chi connectivity index (χ0v) is 18.8. The van der Waals surface area contributed by atoms with E-state index in [0.717, 1.165) is 24.1 Å². The number of carbonyl (C=O) groups is 2. The van der Waals surface area contributed by atoms with Crippen molar-refractivity contribution in [1.29, 1.82) is 0 Å². The van der Waals surface area contributed by atoms with E-state index in [-0.39, 0.29) is 11.9 Å². The van der Waals surface area contributed by atoms with Crippen LogP contribution in [0.3, 0.4) is 0 Å². The van der Waals surface area contributed by atoms with Crippen LogP contribution in [0.1, 0.15) is 54.5 Å². The molecule has 0 atom stereocenters. The van der Waals surface area contributed by atoms with Gasteiger partial charge in [0.15, 0.2) is 0 Å². The minimum Gasteiger partial charge on any atom is -0.475 e. The zero-order chi connectivity index (χ0) is 25.3. The number of likely N-dealkylation sites (tertiary alicyclic amines) is 1. The fraction of sp³-hybridized carbons (Fsp3) is 0.476. The van der Waals surface area contributed by atoms with Gasteiger partial charge in [-0.1, -0.05) is 5.21 Å². The van der Waals surface area contributed by atoms with Crippen LogP contribution in [-0.4, -0.2) is 70.6 Å². The van der Waals surface area contributed by atoms with Gasteiger partial charge >= 0.3 is 12.1 Å². The van der Waals surface area contributed by atoms with E-state index in [4.69, 9.17) is 9.90 Å². The molecular formula is C21H25F3N6O4. The first kappa shape index (κ1) is 25.1. The maximum Gasteiger partial charge on any atom is 0.490 e. The summed E-state index contributed by atoms with van der Waals surface area (Å²) in [5, 5.41) is 25.4. The van der Waals surface area contributed by atoms with Crippen molar-refractivity contribution in [1.82, 2.24) is 29.3 Å². The third-order valence-corrected chi connectivity index (χ3v) is 5.34. The summed E-state index contributed by atoms with van der Waals surface area (Å²) in [5.74, 6) is -2.79. The maximum atomic E-state index is 12.8. The molecule has 3 aromatic rings. The number of amides is 1. The molecule has 10 nitrogen and oxygen atoms in total. The Labute approximate surface area is 192 Å². The molecule has 1 aliphatic heterocycles. The SMILES string of the molecule is Cc1ccn2cc(C(=O)N3CCC(n4cc(C(C)(C)O)nn4)CC3)nc2c1.O=C(O)C(F)(F)F. The lowest BCUT2D eigenvalue weighted by molar-refractivity contribution is -0.192. The van der Waals surface area contributed by atoms with Gasteiger partial charge in [-0.05, 0) is 51.3 Å². The molecule has 184 valence electrons. The summed E-state index contributed by atoms with van der Waals surface area (Å²) in [6.07, 6.45) is 2.02. The quantitative estimate of drug-likeness (QED) is 0.588. The summed E-state index contributed by atoms with van der Waals surface area (Å²) in [6, 6.07) is 4.14. The van der Waals surface area contributed by atoms with E-state index in [2.05, 4.69) is 15.3 Å². The highest BCUT2D eigenvalue weighted by Gasteiger charge is 2.38. The van der Waals surface area contributed by atoms with E-state index in [1.807, 2.05) is 39.2 Å². The van der Waals surface area contributed by atoms with Gasteiger partial charge in [-0.2, -0.15) is 13.2 Å². The summed E-state index contributed by atoms with van der Waals surface area (Å²) in [5.41, 5.74) is 1.93. The number of pyridine rings is 1. The van der Waals surface area contributed by atoms with Crippen LogP contribution in [0.4, 0.5) is 13.2 Å². The van der Waals surface area contributed by atoms with Gasteiger partial charge in [0.05, 0.1) is 12.2 Å². The van der Waals surface area contributed by atoms with Crippen molar-refractivity contribution in [3.05, 3.63) is 47.7 Å². The first-order valence-electron chi connectivity index (χ1n) is 10.4. The molecule has 1 saturated heterocycles. The van der Waals surface area contributed by atoms with Gasteiger partial charge in [0.2, 0.25) is 0 Å². The summed E-state index contributed by atoms with van der Waals surface area (Å²) < 4.78 is 35.4. The first-order chi connectivity index (χ1) is 15.8. The van der Waals surface area contributed by atoms with Crippen LogP contribution >= 0.6 is 0 Å². The maximum absolute atomic E-state index is 12.8. The summed E-state index contributed by atoms with van der Waals surface area (Å²) in [6.45, 7) is 6.69. The average Bonchev–Trinajstić information content (AvgIpc) is 3.40. The highest BCUT2D eigenvalue weighted by atomic mass is 19.4. The number of carboxylic acid groups (broad SMARTS) is 1. The zero-order valence-electron chi connectivity index (χ0n) is 18.8. The second kappa shape index (κ2) is 9.41. The molecule has 1 amide bonds. The number of rotatable bonds is 3. The molecule has 4 heterocycles. The first-order valence-corrected chi connectivity index (χ1v) is 10.4. The lowest BCUT2D eigenvalue weighted by Gasteiger charge is -2.31. The predicted octanol–water partition coefficient (Wildman–Crippen LogP) is 2.57. The van der Waals surface area contributed by atoms with Gasteiger partial charge in [-0.15, -0.1) is 5.10 Å². The van der Waals surface area contributed by atoms with Gasteiger partial charge in [0.25, 0.3) is 5.91 Å². The highest BCUT2D eigenvalue weighted by molar-refractivity contribution is 5.93. The number of aromatic nitrogens is 5. The van der Waals surface area contributed by atoms with Crippen LogP contribution in [0.25, 0.3) is 5.65 Å². The fourth-order valence-corrected chi connectivity index (χ4v) is 3.42. The second-order valence-corrected chi connectivity index (χ2v) is 8.56. The highest BCUT2D eigenvalue weighted by Crippen LogP contribution is 2.25. The Morgan fingerprint density at radius 2 is 1.76 bits per heavy atom. The molecule has 0 bridgehead atoms. The van der Waals surface area contributed by atoms with E-state index in [1.54, 1.807) is 26.2 Å². The number of alkyl halides is 3. The topological polar surface area (TPSA) is 126 Å². The molecule has 0 unspecified atom stereocenters. The van der Waals surface area contributed by atoms with Gasteiger partial charge in [-0.3, -0.25) is 4.79 Å². The number of halogens is 3. The number of nitrogens with zero attached hydrogens (tertiary/aromatic N) is 6. The number of fused-ring (bicyclic) bond motifs is 1. The van der Waals surface area contributed by atoms with Gasteiger partial charge in [0, 0.05) is 25.5 Å². The lowest BCUT2D eigenvalue weighted by atomic mass is 10.0. The normalized spacial score (nSPS) is 15.2. The van der Waals surface area contributed by atoms with Crippen molar-refractivity contribution < 1.29 is 33.0 Å². The molecular weight excluding hydrogens is 457 g/mol. The molecule has 13 heteroatoms. The van der Waals surface area contributed by atoms with Gasteiger partial charge in [-0.25, -0.2) is 14.5 Å². The third kappa shape index (κ3) is 5.90. The standard InChI is InChI=1S/C19H24N6O2.C2HF3O2/c1-13-4-7-24-11-15(20-17(24)10-13)18(26)23-8-5-14(6-9-23)25-12-16(21-22-25)19(2,3)27;3-2(4,5)1(6)7/h4,7,10-12,14,27H,5-6,8-9H2,1-3H3;(H,6,7). The molecule has 34 heavy (non-hydrogen) atoms. The monoisotopic (exact) mass is 482 g/mol. The molecule has 4 rings (SSSR count). The Balaban J connectivity index is 0.000000406. The van der Waals surface area contributed by atoms with Crippen LogP contribution < -0.4 is 0 Å².